The van der Waals surface area contributed by atoms with E-state index in [1.165, 1.54) is 12.1 Å². The molecule has 1 amide bonds. The van der Waals surface area contributed by atoms with Gasteiger partial charge >= 0.3 is 0 Å². The summed E-state index contributed by atoms with van der Waals surface area (Å²) in [4.78, 5) is 12.4. The van der Waals surface area contributed by atoms with Crippen LogP contribution in [0.4, 0.5) is 10.1 Å². The molecule has 0 saturated heterocycles. The van der Waals surface area contributed by atoms with Gasteiger partial charge in [0.15, 0.2) is 0 Å². The molecular formula is C20H17FN2O. The molecule has 3 nitrogen and oxygen atoms in total. The molecule has 0 atom stereocenters. The summed E-state index contributed by atoms with van der Waals surface area (Å²) in [6.45, 7) is 0.477. The lowest BCUT2D eigenvalue weighted by Gasteiger charge is -2.25. The lowest BCUT2D eigenvalue weighted by molar-refractivity contribution is 0.0944. The van der Waals surface area contributed by atoms with Crippen molar-refractivity contribution in [3.05, 3.63) is 102 Å². The van der Waals surface area contributed by atoms with E-state index >= 15 is 0 Å². The molecule has 0 radical (unpaired) electrons. The number of benzene rings is 3. The third kappa shape index (κ3) is 3.79. The molecule has 3 aromatic rings. The Hall–Kier alpha value is -3.14. The van der Waals surface area contributed by atoms with Gasteiger partial charge in [-0.1, -0.05) is 60.7 Å². The Morgan fingerprint density at radius 1 is 0.833 bits per heavy atom. The minimum absolute atomic E-state index is 0.0199. The van der Waals surface area contributed by atoms with Crippen molar-refractivity contribution >= 4 is 11.6 Å². The SMILES string of the molecule is O=C(NN(Cc1ccccc1)c1ccccc1)c1ccccc1F. The zero-order chi connectivity index (χ0) is 16.8. The number of anilines is 1. The lowest BCUT2D eigenvalue weighted by Crippen LogP contribution is -2.42. The first-order valence-electron chi connectivity index (χ1n) is 7.66. The van der Waals surface area contributed by atoms with Crippen LogP contribution in [0.25, 0.3) is 0 Å². The largest absolute Gasteiger partial charge is 0.281 e. The second-order valence-corrected chi connectivity index (χ2v) is 5.33. The molecule has 0 fully saturated rings. The standard InChI is InChI=1S/C20H17FN2O/c21-19-14-8-7-13-18(19)20(24)22-23(17-11-5-2-6-12-17)15-16-9-3-1-4-10-16/h1-14H,15H2,(H,22,24). The van der Waals surface area contributed by atoms with Crippen molar-refractivity contribution in [3.8, 4) is 0 Å². The van der Waals surface area contributed by atoms with E-state index in [0.717, 1.165) is 11.3 Å². The fourth-order valence-electron chi connectivity index (χ4n) is 2.40. The maximum atomic E-state index is 13.8. The Balaban J connectivity index is 1.85. The number of rotatable bonds is 5. The number of hydrazine groups is 1. The Bertz CT molecular complexity index is 806. The van der Waals surface area contributed by atoms with Gasteiger partial charge in [-0.15, -0.1) is 0 Å². The third-order valence-corrected chi connectivity index (χ3v) is 3.61. The number of halogens is 1. The van der Waals surface area contributed by atoms with Gasteiger partial charge in [0.1, 0.15) is 5.82 Å². The fourth-order valence-corrected chi connectivity index (χ4v) is 2.40. The molecule has 4 heteroatoms. The normalized spacial score (nSPS) is 10.2. The molecule has 0 aliphatic carbocycles. The average molecular weight is 320 g/mol. The van der Waals surface area contributed by atoms with Crippen LogP contribution in [0.2, 0.25) is 0 Å². The summed E-state index contributed by atoms with van der Waals surface area (Å²) >= 11 is 0. The van der Waals surface area contributed by atoms with Crippen LogP contribution < -0.4 is 10.4 Å². The first-order chi connectivity index (χ1) is 11.7. The second kappa shape index (κ2) is 7.42. The number of nitrogens with one attached hydrogen (secondary N) is 1. The van der Waals surface area contributed by atoms with Crippen molar-refractivity contribution < 1.29 is 9.18 Å². The molecule has 0 heterocycles. The molecule has 0 unspecified atom stereocenters. The van der Waals surface area contributed by atoms with E-state index in [2.05, 4.69) is 5.43 Å². The number of amides is 1. The predicted molar refractivity (Wildman–Crippen MR) is 92.9 cm³/mol. The molecule has 0 spiro atoms. The van der Waals surface area contributed by atoms with Gasteiger partial charge in [-0.2, -0.15) is 0 Å². The van der Waals surface area contributed by atoms with Crippen molar-refractivity contribution in [2.45, 2.75) is 6.54 Å². The maximum absolute atomic E-state index is 13.8. The predicted octanol–water partition coefficient (Wildman–Crippen LogP) is 4.18. The van der Waals surface area contributed by atoms with Gasteiger partial charge in [0.05, 0.1) is 17.8 Å². The van der Waals surface area contributed by atoms with Crippen LogP contribution >= 0.6 is 0 Å². The summed E-state index contributed by atoms with van der Waals surface area (Å²) < 4.78 is 13.8. The van der Waals surface area contributed by atoms with Crippen LogP contribution in [0.15, 0.2) is 84.9 Å². The van der Waals surface area contributed by atoms with Crippen LogP contribution in [0, 0.1) is 5.82 Å². The Morgan fingerprint density at radius 3 is 2.08 bits per heavy atom. The van der Waals surface area contributed by atoms with Crippen molar-refractivity contribution in [2.24, 2.45) is 0 Å². The quantitative estimate of drug-likeness (QED) is 0.715. The lowest BCUT2D eigenvalue weighted by atomic mass is 10.2. The van der Waals surface area contributed by atoms with E-state index in [1.807, 2.05) is 60.7 Å². The van der Waals surface area contributed by atoms with Gasteiger partial charge in [0.2, 0.25) is 0 Å². The summed E-state index contributed by atoms with van der Waals surface area (Å²) in [5.41, 5.74) is 4.68. The molecule has 1 N–H and O–H groups in total. The summed E-state index contributed by atoms with van der Waals surface area (Å²) in [5.74, 6) is -1.02. The molecule has 3 aromatic carbocycles. The highest BCUT2D eigenvalue weighted by Gasteiger charge is 2.15. The van der Waals surface area contributed by atoms with Gasteiger partial charge < -0.3 is 0 Å². The van der Waals surface area contributed by atoms with Crippen LogP contribution in [0.3, 0.4) is 0 Å². The highest BCUT2D eigenvalue weighted by molar-refractivity contribution is 5.95. The zero-order valence-electron chi connectivity index (χ0n) is 13.0. The van der Waals surface area contributed by atoms with E-state index < -0.39 is 11.7 Å². The number of hydrogen-bond donors (Lipinski definition) is 1. The van der Waals surface area contributed by atoms with Crippen LogP contribution in [0.1, 0.15) is 15.9 Å². The van der Waals surface area contributed by atoms with Gasteiger partial charge in [0.25, 0.3) is 5.91 Å². The van der Waals surface area contributed by atoms with Gasteiger partial charge in [-0.3, -0.25) is 15.2 Å². The molecule has 0 aliphatic rings. The summed E-state index contributed by atoms with van der Waals surface area (Å²) in [7, 11) is 0. The number of carbonyl (C=O) groups is 1. The van der Waals surface area contributed by atoms with Crippen molar-refractivity contribution in [1.29, 1.82) is 0 Å². The average Bonchev–Trinajstić information content (AvgIpc) is 2.63. The second-order valence-electron chi connectivity index (χ2n) is 5.33. The smallest absolute Gasteiger partial charge is 0.272 e. The van der Waals surface area contributed by atoms with Crippen molar-refractivity contribution in [1.82, 2.24) is 5.43 Å². The van der Waals surface area contributed by atoms with Crippen LogP contribution in [-0.4, -0.2) is 5.91 Å². The zero-order valence-corrected chi connectivity index (χ0v) is 13.0. The van der Waals surface area contributed by atoms with Gasteiger partial charge in [-0.25, -0.2) is 4.39 Å². The number of para-hydroxylation sites is 1. The summed E-state index contributed by atoms with van der Waals surface area (Å²) in [6, 6.07) is 25.2. The Labute approximate surface area is 140 Å². The molecule has 24 heavy (non-hydrogen) atoms. The Kier molecular flexibility index (Phi) is 4.87. The molecule has 120 valence electrons. The minimum atomic E-state index is -0.539. The van der Waals surface area contributed by atoms with Crippen molar-refractivity contribution in [2.75, 3.05) is 5.01 Å². The van der Waals surface area contributed by atoms with Gasteiger partial charge in [-0.05, 0) is 29.8 Å². The van der Waals surface area contributed by atoms with Crippen LogP contribution in [-0.2, 0) is 6.54 Å². The van der Waals surface area contributed by atoms with E-state index in [9.17, 15) is 9.18 Å². The topological polar surface area (TPSA) is 32.3 Å². The van der Waals surface area contributed by atoms with Crippen molar-refractivity contribution in [3.63, 3.8) is 0 Å². The molecule has 0 aromatic heterocycles. The summed E-state index contributed by atoms with van der Waals surface area (Å²) in [6.07, 6.45) is 0. The van der Waals surface area contributed by atoms with E-state index in [-0.39, 0.29) is 5.56 Å². The van der Waals surface area contributed by atoms with Crippen LogP contribution in [0.5, 0.6) is 0 Å². The minimum Gasteiger partial charge on any atom is -0.281 e. The molecule has 0 aliphatic heterocycles. The van der Waals surface area contributed by atoms with E-state index in [1.54, 1.807) is 17.1 Å². The van der Waals surface area contributed by atoms with Gasteiger partial charge in [0, 0.05) is 0 Å². The maximum Gasteiger partial charge on any atom is 0.272 e. The molecule has 0 bridgehead atoms. The van der Waals surface area contributed by atoms with E-state index in [4.69, 9.17) is 0 Å². The highest BCUT2D eigenvalue weighted by atomic mass is 19.1. The third-order valence-electron chi connectivity index (χ3n) is 3.61. The molecule has 3 rings (SSSR count). The Morgan fingerprint density at radius 2 is 1.42 bits per heavy atom. The highest BCUT2D eigenvalue weighted by Crippen LogP contribution is 2.16. The monoisotopic (exact) mass is 320 g/mol. The van der Waals surface area contributed by atoms with E-state index in [0.29, 0.717) is 6.54 Å². The fraction of sp³-hybridized carbons (Fsp3) is 0.0500. The number of carbonyl (C=O) groups excluding carboxylic acids is 1. The first-order valence-corrected chi connectivity index (χ1v) is 7.66. The first kappa shape index (κ1) is 15.7. The molecule has 0 saturated carbocycles. The number of hydrogen-bond acceptors (Lipinski definition) is 2. The summed E-state index contributed by atoms with van der Waals surface area (Å²) in [5, 5.41) is 1.71. The molecular weight excluding hydrogens is 303 g/mol. The number of nitrogens with zero attached hydrogens (tertiary/aromatic N) is 1.